The Balaban J connectivity index is 1.75. The maximum Gasteiger partial charge on any atom is 0.336 e. The number of aromatic carboxylic acids is 1. The number of nitrogens with two attached hydrogens (primary N) is 1. The van der Waals surface area contributed by atoms with E-state index < -0.39 is 11.9 Å². The smallest absolute Gasteiger partial charge is 0.336 e. The predicted octanol–water partition coefficient (Wildman–Crippen LogP) is 5.32. The lowest BCUT2D eigenvalue weighted by Gasteiger charge is -2.10. The first-order chi connectivity index (χ1) is 13.3. The highest BCUT2D eigenvalue weighted by atomic mass is 35.5. The molecule has 0 saturated carbocycles. The van der Waals surface area contributed by atoms with Gasteiger partial charge in [-0.05, 0) is 60.7 Å². The van der Waals surface area contributed by atoms with Crippen molar-refractivity contribution in [2.45, 2.75) is 0 Å². The van der Waals surface area contributed by atoms with Crippen molar-refractivity contribution in [3.05, 3.63) is 81.8 Å². The van der Waals surface area contributed by atoms with Crippen LogP contribution in [0.3, 0.4) is 0 Å². The van der Waals surface area contributed by atoms with Crippen LogP contribution in [0.4, 0.5) is 11.4 Å². The number of rotatable bonds is 5. The topological polar surface area (TPSA) is 102 Å². The van der Waals surface area contributed by atoms with E-state index in [0.717, 1.165) is 6.07 Å². The summed E-state index contributed by atoms with van der Waals surface area (Å²) in [7, 11) is 0. The molecule has 3 rings (SSSR count). The summed E-state index contributed by atoms with van der Waals surface area (Å²) < 4.78 is 5.68. The van der Waals surface area contributed by atoms with Gasteiger partial charge in [0.1, 0.15) is 11.5 Å². The van der Waals surface area contributed by atoms with Gasteiger partial charge in [0, 0.05) is 11.4 Å². The largest absolute Gasteiger partial charge is 0.478 e. The Morgan fingerprint density at radius 2 is 1.36 bits per heavy atom. The molecule has 0 atom stereocenters. The molecule has 0 aliphatic rings. The minimum atomic E-state index is -1.28. The Labute approximate surface area is 170 Å². The van der Waals surface area contributed by atoms with E-state index in [1.165, 1.54) is 6.07 Å². The molecule has 0 heterocycles. The van der Waals surface area contributed by atoms with Crippen molar-refractivity contribution in [2.75, 3.05) is 11.1 Å². The van der Waals surface area contributed by atoms with E-state index in [0.29, 0.717) is 22.9 Å². The number of carbonyl (C=O) groups is 2. The second kappa shape index (κ2) is 8.21. The number of halogens is 2. The number of hydrogen-bond acceptors (Lipinski definition) is 4. The zero-order chi connectivity index (χ0) is 20.3. The summed E-state index contributed by atoms with van der Waals surface area (Å²) in [5.41, 5.74) is 6.39. The van der Waals surface area contributed by atoms with Gasteiger partial charge in [-0.1, -0.05) is 23.2 Å². The van der Waals surface area contributed by atoms with Gasteiger partial charge in [0.05, 0.1) is 21.2 Å². The van der Waals surface area contributed by atoms with Gasteiger partial charge in [0.2, 0.25) is 0 Å². The summed E-state index contributed by atoms with van der Waals surface area (Å²) in [6.07, 6.45) is 0. The standard InChI is InChI=1S/C20H14Cl2N2O4/c21-17-9-15(16(20(26)27)10-18(17)22)19(25)24-12-3-7-14(8-4-12)28-13-5-1-11(23)2-6-13/h1-10H,23H2,(H,24,25)(H,26,27). The molecule has 4 N–H and O–H groups in total. The number of anilines is 2. The number of amides is 1. The lowest BCUT2D eigenvalue weighted by Crippen LogP contribution is -2.16. The van der Waals surface area contributed by atoms with Crippen molar-refractivity contribution >= 4 is 46.5 Å². The predicted molar refractivity (Wildman–Crippen MR) is 109 cm³/mol. The monoisotopic (exact) mass is 416 g/mol. The summed E-state index contributed by atoms with van der Waals surface area (Å²) in [6, 6.07) is 15.9. The van der Waals surface area contributed by atoms with Crippen LogP contribution in [-0.4, -0.2) is 17.0 Å². The Morgan fingerprint density at radius 1 is 0.857 bits per heavy atom. The third-order valence-electron chi connectivity index (χ3n) is 3.76. The van der Waals surface area contributed by atoms with Crippen molar-refractivity contribution in [1.29, 1.82) is 0 Å². The van der Waals surface area contributed by atoms with Gasteiger partial charge in [-0.25, -0.2) is 4.79 Å². The number of hydrogen-bond donors (Lipinski definition) is 3. The van der Waals surface area contributed by atoms with E-state index in [4.69, 9.17) is 33.7 Å². The van der Waals surface area contributed by atoms with E-state index in [9.17, 15) is 14.7 Å². The van der Waals surface area contributed by atoms with Crippen molar-refractivity contribution in [1.82, 2.24) is 0 Å². The van der Waals surface area contributed by atoms with Gasteiger partial charge in [-0.15, -0.1) is 0 Å². The van der Waals surface area contributed by atoms with E-state index in [1.54, 1.807) is 48.5 Å². The SMILES string of the molecule is Nc1ccc(Oc2ccc(NC(=O)c3cc(Cl)c(Cl)cc3C(=O)O)cc2)cc1. The van der Waals surface area contributed by atoms with Crippen molar-refractivity contribution in [2.24, 2.45) is 0 Å². The number of carboxylic acids is 1. The zero-order valence-electron chi connectivity index (χ0n) is 14.3. The van der Waals surface area contributed by atoms with Gasteiger partial charge >= 0.3 is 5.97 Å². The van der Waals surface area contributed by atoms with Gasteiger partial charge in [-0.3, -0.25) is 4.79 Å². The zero-order valence-corrected chi connectivity index (χ0v) is 15.8. The summed E-state index contributed by atoms with van der Waals surface area (Å²) in [4.78, 5) is 23.9. The fourth-order valence-corrected chi connectivity index (χ4v) is 2.72. The highest BCUT2D eigenvalue weighted by Gasteiger charge is 2.19. The number of nitrogens with one attached hydrogen (secondary N) is 1. The molecule has 0 spiro atoms. The van der Waals surface area contributed by atoms with Crippen LogP contribution in [0, 0.1) is 0 Å². The average Bonchev–Trinajstić information content (AvgIpc) is 2.66. The summed E-state index contributed by atoms with van der Waals surface area (Å²) in [5, 5.41) is 12.0. The van der Waals surface area contributed by atoms with Crippen molar-refractivity contribution < 1.29 is 19.4 Å². The maximum absolute atomic E-state index is 12.5. The Kier molecular flexibility index (Phi) is 5.73. The van der Waals surface area contributed by atoms with Gasteiger partial charge in [-0.2, -0.15) is 0 Å². The molecule has 0 radical (unpaired) electrons. The van der Waals surface area contributed by atoms with Gasteiger partial charge in [0.15, 0.2) is 0 Å². The molecule has 28 heavy (non-hydrogen) atoms. The minimum Gasteiger partial charge on any atom is -0.478 e. The first kappa shape index (κ1) is 19.5. The fourth-order valence-electron chi connectivity index (χ4n) is 2.39. The lowest BCUT2D eigenvalue weighted by molar-refractivity contribution is 0.0692. The molecule has 3 aromatic carbocycles. The van der Waals surface area contributed by atoms with Crippen LogP contribution >= 0.6 is 23.2 Å². The summed E-state index contributed by atoms with van der Waals surface area (Å²) in [6.45, 7) is 0. The number of carbonyl (C=O) groups excluding carboxylic acids is 1. The van der Waals surface area contributed by atoms with Crippen molar-refractivity contribution in [3.63, 3.8) is 0 Å². The molecule has 1 amide bonds. The highest BCUT2D eigenvalue weighted by molar-refractivity contribution is 6.42. The van der Waals surface area contributed by atoms with Crippen LogP contribution in [0.1, 0.15) is 20.7 Å². The quantitative estimate of drug-likeness (QED) is 0.488. The summed E-state index contributed by atoms with van der Waals surface area (Å²) in [5.74, 6) is -0.726. The molecular weight excluding hydrogens is 403 g/mol. The Bertz CT molecular complexity index is 1040. The van der Waals surface area contributed by atoms with E-state index in [-0.39, 0.29) is 21.2 Å². The Hall–Kier alpha value is -3.22. The minimum absolute atomic E-state index is 0.0554. The van der Waals surface area contributed by atoms with E-state index in [2.05, 4.69) is 5.32 Å². The van der Waals surface area contributed by atoms with Gasteiger partial charge < -0.3 is 20.9 Å². The fraction of sp³-hybridized carbons (Fsp3) is 0. The first-order valence-electron chi connectivity index (χ1n) is 8.00. The number of carboxylic acid groups (broad SMARTS) is 1. The molecule has 142 valence electrons. The van der Waals surface area contributed by atoms with Crippen LogP contribution in [0.15, 0.2) is 60.7 Å². The molecule has 0 saturated heterocycles. The van der Waals surface area contributed by atoms with Gasteiger partial charge in [0.25, 0.3) is 5.91 Å². The Morgan fingerprint density at radius 3 is 1.89 bits per heavy atom. The van der Waals surface area contributed by atoms with E-state index in [1.807, 2.05) is 0 Å². The molecule has 0 aliphatic heterocycles. The lowest BCUT2D eigenvalue weighted by atomic mass is 10.1. The van der Waals surface area contributed by atoms with E-state index >= 15 is 0 Å². The molecule has 0 fully saturated rings. The number of ether oxygens (including phenoxy) is 1. The number of nitrogen functional groups attached to an aromatic ring is 1. The number of benzene rings is 3. The average molecular weight is 417 g/mol. The summed E-state index contributed by atoms with van der Waals surface area (Å²) >= 11 is 11.8. The maximum atomic E-state index is 12.5. The second-order valence-corrected chi connectivity index (χ2v) is 6.58. The van der Waals surface area contributed by atoms with Crippen molar-refractivity contribution in [3.8, 4) is 11.5 Å². The molecule has 3 aromatic rings. The second-order valence-electron chi connectivity index (χ2n) is 5.77. The third kappa shape index (κ3) is 4.54. The molecular formula is C20H14Cl2N2O4. The molecule has 0 aliphatic carbocycles. The molecule has 6 nitrogen and oxygen atoms in total. The molecule has 0 aromatic heterocycles. The van der Waals surface area contributed by atoms with Crippen LogP contribution in [0.25, 0.3) is 0 Å². The molecule has 8 heteroatoms. The van der Waals surface area contributed by atoms with Crippen LogP contribution < -0.4 is 15.8 Å². The first-order valence-corrected chi connectivity index (χ1v) is 8.76. The molecule has 0 bridgehead atoms. The van der Waals surface area contributed by atoms with Crippen LogP contribution in [0.2, 0.25) is 10.0 Å². The highest BCUT2D eigenvalue weighted by Crippen LogP contribution is 2.28. The third-order valence-corrected chi connectivity index (χ3v) is 4.49. The van der Waals surface area contributed by atoms with Crippen LogP contribution in [0.5, 0.6) is 11.5 Å². The normalized spacial score (nSPS) is 10.4. The molecule has 0 unspecified atom stereocenters. The van der Waals surface area contributed by atoms with Crippen LogP contribution in [-0.2, 0) is 0 Å².